The highest BCUT2D eigenvalue weighted by molar-refractivity contribution is 9.10. The van der Waals surface area contributed by atoms with Crippen molar-refractivity contribution in [3.05, 3.63) is 28.2 Å². The molecule has 0 aliphatic carbocycles. The summed E-state index contributed by atoms with van der Waals surface area (Å²) < 4.78 is 25.7. The van der Waals surface area contributed by atoms with Crippen LogP contribution in [0.15, 0.2) is 22.7 Å². The van der Waals surface area contributed by atoms with Gasteiger partial charge in [0.1, 0.15) is 0 Å². The van der Waals surface area contributed by atoms with Crippen LogP contribution in [-0.2, 0) is 10.0 Å². The van der Waals surface area contributed by atoms with E-state index in [1.54, 1.807) is 6.07 Å². The lowest BCUT2D eigenvalue weighted by atomic mass is 10.0. The molecule has 0 aliphatic heterocycles. The van der Waals surface area contributed by atoms with Crippen molar-refractivity contribution in [2.45, 2.75) is 19.8 Å². The van der Waals surface area contributed by atoms with Crippen molar-refractivity contribution in [3.63, 3.8) is 0 Å². The van der Waals surface area contributed by atoms with Crippen molar-refractivity contribution < 1.29 is 8.42 Å². The number of benzene rings is 1. The van der Waals surface area contributed by atoms with Gasteiger partial charge in [0.2, 0.25) is 10.0 Å². The highest BCUT2D eigenvalue weighted by Crippen LogP contribution is 2.28. The van der Waals surface area contributed by atoms with Gasteiger partial charge in [-0.25, -0.2) is 8.42 Å². The van der Waals surface area contributed by atoms with Crippen LogP contribution in [0.5, 0.6) is 0 Å². The van der Waals surface area contributed by atoms with Crippen molar-refractivity contribution >= 4 is 31.6 Å². The molecule has 0 bridgehead atoms. The van der Waals surface area contributed by atoms with Gasteiger partial charge in [0.05, 0.1) is 11.9 Å². The summed E-state index contributed by atoms with van der Waals surface area (Å²) in [6.45, 7) is 4.05. The summed E-state index contributed by atoms with van der Waals surface area (Å²) in [5, 5.41) is 0. The molecule has 15 heavy (non-hydrogen) atoms. The van der Waals surface area contributed by atoms with Crippen molar-refractivity contribution in [2.24, 2.45) is 0 Å². The Kier molecular flexibility index (Phi) is 3.78. The van der Waals surface area contributed by atoms with Gasteiger partial charge < -0.3 is 0 Å². The highest BCUT2D eigenvalue weighted by atomic mass is 79.9. The molecule has 1 aromatic carbocycles. The average molecular weight is 292 g/mol. The Hall–Kier alpha value is -0.550. The molecule has 5 heteroatoms. The van der Waals surface area contributed by atoms with Gasteiger partial charge in [-0.3, -0.25) is 4.72 Å². The molecule has 0 spiro atoms. The maximum atomic E-state index is 11.1. The molecule has 84 valence electrons. The summed E-state index contributed by atoms with van der Waals surface area (Å²) in [4.78, 5) is 0. The summed E-state index contributed by atoms with van der Waals surface area (Å²) in [5.41, 5.74) is 1.63. The topological polar surface area (TPSA) is 46.2 Å². The molecule has 0 unspecified atom stereocenters. The largest absolute Gasteiger partial charge is 0.283 e. The van der Waals surface area contributed by atoms with Gasteiger partial charge in [0.25, 0.3) is 0 Å². The second-order valence-corrected chi connectivity index (χ2v) is 6.42. The predicted molar refractivity (Wildman–Crippen MR) is 66.7 cm³/mol. The van der Waals surface area contributed by atoms with E-state index in [1.807, 2.05) is 26.0 Å². The van der Waals surface area contributed by atoms with E-state index in [2.05, 4.69) is 20.7 Å². The quantitative estimate of drug-likeness (QED) is 0.931. The zero-order chi connectivity index (χ0) is 11.6. The van der Waals surface area contributed by atoms with Crippen LogP contribution >= 0.6 is 15.9 Å². The molecule has 0 heterocycles. The normalized spacial score (nSPS) is 11.8. The Morgan fingerprint density at radius 3 is 2.40 bits per heavy atom. The minimum Gasteiger partial charge on any atom is -0.283 e. The number of halogens is 1. The maximum absolute atomic E-state index is 11.1. The molecule has 1 rings (SSSR count). The van der Waals surface area contributed by atoms with Crippen LogP contribution < -0.4 is 4.72 Å². The van der Waals surface area contributed by atoms with E-state index in [4.69, 9.17) is 0 Å². The zero-order valence-corrected chi connectivity index (χ0v) is 11.3. The predicted octanol–water partition coefficient (Wildman–Crippen LogP) is 2.94. The first-order chi connectivity index (χ1) is 6.79. The lowest BCUT2D eigenvalue weighted by Gasteiger charge is -2.13. The lowest BCUT2D eigenvalue weighted by Crippen LogP contribution is -2.11. The zero-order valence-electron chi connectivity index (χ0n) is 8.91. The molecular formula is C10H14BrNO2S. The highest BCUT2D eigenvalue weighted by Gasteiger charge is 2.10. The number of anilines is 1. The molecular weight excluding hydrogens is 278 g/mol. The number of hydrogen-bond acceptors (Lipinski definition) is 2. The molecule has 0 atom stereocenters. The van der Waals surface area contributed by atoms with Crippen LogP contribution in [0.4, 0.5) is 5.69 Å². The number of sulfonamides is 1. The lowest BCUT2D eigenvalue weighted by molar-refractivity contribution is 0.606. The van der Waals surface area contributed by atoms with Crippen molar-refractivity contribution in [1.29, 1.82) is 0 Å². The van der Waals surface area contributed by atoms with Gasteiger partial charge in [-0.15, -0.1) is 0 Å². The summed E-state index contributed by atoms with van der Waals surface area (Å²) in [6.07, 6.45) is 1.15. The van der Waals surface area contributed by atoms with E-state index in [9.17, 15) is 8.42 Å². The third kappa shape index (κ3) is 3.83. The van der Waals surface area contributed by atoms with E-state index in [0.717, 1.165) is 16.3 Å². The SMILES string of the molecule is CC(C)c1cc(Br)ccc1NS(C)(=O)=O. The average Bonchev–Trinajstić information content (AvgIpc) is 2.05. The van der Waals surface area contributed by atoms with Gasteiger partial charge in [0, 0.05) is 4.47 Å². The Bertz CT molecular complexity index is 454. The monoisotopic (exact) mass is 291 g/mol. The molecule has 3 nitrogen and oxygen atoms in total. The standard InChI is InChI=1S/C10H14BrNO2S/c1-7(2)9-6-8(11)4-5-10(9)12-15(3,13)14/h4-7,12H,1-3H3. The van der Waals surface area contributed by atoms with E-state index in [1.165, 1.54) is 0 Å². The van der Waals surface area contributed by atoms with Crippen LogP contribution in [0.1, 0.15) is 25.3 Å². The molecule has 0 aromatic heterocycles. The molecule has 1 N–H and O–H groups in total. The van der Waals surface area contributed by atoms with Gasteiger partial charge >= 0.3 is 0 Å². The summed E-state index contributed by atoms with van der Waals surface area (Å²) in [6, 6.07) is 5.51. The fourth-order valence-corrected chi connectivity index (χ4v) is 2.27. The molecule has 1 aromatic rings. The van der Waals surface area contributed by atoms with E-state index in [0.29, 0.717) is 5.69 Å². The summed E-state index contributed by atoms with van der Waals surface area (Å²) in [5.74, 6) is 0.270. The second-order valence-electron chi connectivity index (χ2n) is 3.76. The fraction of sp³-hybridized carbons (Fsp3) is 0.400. The van der Waals surface area contributed by atoms with Gasteiger partial charge in [-0.1, -0.05) is 29.8 Å². The summed E-state index contributed by atoms with van der Waals surface area (Å²) >= 11 is 3.37. The Balaban J connectivity index is 3.18. The van der Waals surface area contributed by atoms with Gasteiger partial charge in [-0.2, -0.15) is 0 Å². The Morgan fingerprint density at radius 2 is 1.93 bits per heavy atom. The molecule has 0 fully saturated rings. The van der Waals surface area contributed by atoms with Crippen LogP contribution in [-0.4, -0.2) is 14.7 Å². The molecule has 0 amide bonds. The first-order valence-electron chi connectivity index (χ1n) is 4.57. The molecule has 0 saturated heterocycles. The smallest absolute Gasteiger partial charge is 0.229 e. The maximum Gasteiger partial charge on any atom is 0.229 e. The molecule has 0 radical (unpaired) electrons. The van der Waals surface area contributed by atoms with E-state index >= 15 is 0 Å². The van der Waals surface area contributed by atoms with Crippen molar-refractivity contribution in [2.75, 3.05) is 11.0 Å². The van der Waals surface area contributed by atoms with Gasteiger partial charge in [-0.05, 0) is 29.7 Å². The second kappa shape index (κ2) is 4.53. The van der Waals surface area contributed by atoms with Gasteiger partial charge in [0.15, 0.2) is 0 Å². The summed E-state index contributed by atoms with van der Waals surface area (Å²) in [7, 11) is -3.21. The first kappa shape index (κ1) is 12.5. The van der Waals surface area contributed by atoms with E-state index in [-0.39, 0.29) is 5.92 Å². The number of hydrogen-bond donors (Lipinski definition) is 1. The molecule has 0 saturated carbocycles. The number of nitrogens with one attached hydrogen (secondary N) is 1. The van der Waals surface area contributed by atoms with Crippen LogP contribution in [0.25, 0.3) is 0 Å². The van der Waals surface area contributed by atoms with Crippen molar-refractivity contribution in [3.8, 4) is 0 Å². The minimum absolute atomic E-state index is 0.270. The third-order valence-electron chi connectivity index (χ3n) is 1.93. The Labute approximate surface area is 99.1 Å². The van der Waals surface area contributed by atoms with Crippen molar-refractivity contribution in [1.82, 2.24) is 0 Å². The minimum atomic E-state index is -3.21. The van der Waals surface area contributed by atoms with Crippen LogP contribution in [0.2, 0.25) is 0 Å². The molecule has 0 aliphatic rings. The van der Waals surface area contributed by atoms with Crippen LogP contribution in [0.3, 0.4) is 0 Å². The Morgan fingerprint density at radius 1 is 1.33 bits per heavy atom. The number of rotatable bonds is 3. The first-order valence-corrected chi connectivity index (χ1v) is 7.25. The van der Waals surface area contributed by atoms with E-state index < -0.39 is 10.0 Å². The fourth-order valence-electron chi connectivity index (χ4n) is 1.30. The third-order valence-corrected chi connectivity index (χ3v) is 3.01. The van der Waals surface area contributed by atoms with Crippen LogP contribution in [0, 0.1) is 0 Å².